The molecule has 5 heteroatoms. The number of benzene rings is 1. The van der Waals surface area contributed by atoms with E-state index in [0.29, 0.717) is 16.1 Å². The molecule has 0 unspecified atom stereocenters. The molecule has 2 nitrogen and oxygen atoms in total. The summed E-state index contributed by atoms with van der Waals surface area (Å²) in [6.07, 6.45) is 0. The molecule has 2 aromatic rings. The lowest BCUT2D eigenvalue weighted by Crippen LogP contribution is -1.93. The van der Waals surface area contributed by atoms with Crippen LogP contribution in [0.1, 0.15) is 5.56 Å². The van der Waals surface area contributed by atoms with Crippen LogP contribution in [0.5, 0.6) is 0 Å². The second-order valence-electron chi connectivity index (χ2n) is 3.13. The Hall–Kier alpha value is -0.640. The Morgan fingerprint density at radius 2 is 1.69 bits per heavy atom. The first-order valence-electron chi connectivity index (χ1n) is 4.55. The van der Waals surface area contributed by atoms with Gasteiger partial charge in [0.05, 0.1) is 0 Å². The fourth-order valence-corrected chi connectivity index (χ4v) is 2.28. The number of rotatable bonds is 2. The third-order valence-corrected chi connectivity index (χ3v) is 3.06. The van der Waals surface area contributed by atoms with Gasteiger partial charge in [-0.1, -0.05) is 63.4 Å². The molecule has 0 aliphatic heterocycles. The zero-order chi connectivity index (χ0) is 11.5. The van der Waals surface area contributed by atoms with Gasteiger partial charge in [0.1, 0.15) is 10.3 Å². The Kier molecular flexibility index (Phi) is 3.79. The van der Waals surface area contributed by atoms with Crippen LogP contribution in [0, 0.1) is 0 Å². The lowest BCUT2D eigenvalue weighted by Gasteiger charge is -2.06. The lowest BCUT2D eigenvalue weighted by atomic mass is 10.1. The molecule has 16 heavy (non-hydrogen) atoms. The SMILES string of the molecule is Clc1cc(Cl)nc(-c2ccccc2CBr)n1. The molecule has 0 bridgehead atoms. The van der Waals surface area contributed by atoms with Crippen molar-refractivity contribution in [2.24, 2.45) is 0 Å². The first-order valence-corrected chi connectivity index (χ1v) is 6.43. The van der Waals surface area contributed by atoms with Crippen LogP contribution in [0.15, 0.2) is 30.3 Å². The van der Waals surface area contributed by atoms with E-state index >= 15 is 0 Å². The number of hydrogen-bond acceptors (Lipinski definition) is 2. The minimum absolute atomic E-state index is 0.347. The highest BCUT2D eigenvalue weighted by molar-refractivity contribution is 9.08. The van der Waals surface area contributed by atoms with Gasteiger partial charge >= 0.3 is 0 Å². The zero-order valence-electron chi connectivity index (χ0n) is 8.12. The maximum Gasteiger partial charge on any atom is 0.162 e. The molecule has 1 aromatic heterocycles. The van der Waals surface area contributed by atoms with Crippen LogP contribution in [0.2, 0.25) is 10.3 Å². The van der Waals surface area contributed by atoms with Crippen molar-refractivity contribution in [3.63, 3.8) is 0 Å². The van der Waals surface area contributed by atoms with Crippen LogP contribution < -0.4 is 0 Å². The predicted molar refractivity (Wildman–Crippen MR) is 70.1 cm³/mol. The second-order valence-corrected chi connectivity index (χ2v) is 4.46. The van der Waals surface area contributed by atoms with Crippen molar-refractivity contribution < 1.29 is 0 Å². The van der Waals surface area contributed by atoms with E-state index < -0.39 is 0 Å². The number of nitrogens with zero attached hydrogens (tertiary/aromatic N) is 2. The third kappa shape index (κ3) is 2.54. The summed E-state index contributed by atoms with van der Waals surface area (Å²) in [6.45, 7) is 0. The summed E-state index contributed by atoms with van der Waals surface area (Å²) in [5, 5.41) is 1.43. The average molecular weight is 318 g/mol. The van der Waals surface area contributed by atoms with Crippen molar-refractivity contribution in [1.29, 1.82) is 0 Å². The Morgan fingerprint density at radius 3 is 2.31 bits per heavy atom. The summed E-state index contributed by atoms with van der Waals surface area (Å²) in [6, 6.07) is 9.36. The number of alkyl halides is 1. The molecule has 0 fully saturated rings. The van der Waals surface area contributed by atoms with E-state index in [1.807, 2.05) is 24.3 Å². The standard InChI is InChI=1S/C11H7BrCl2N2/c12-6-7-3-1-2-4-8(7)11-15-9(13)5-10(14)16-11/h1-5H,6H2. The van der Waals surface area contributed by atoms with Crippen molar-refractivity contribution in [3.8, 4) is 11.4 Å². The minimum Gasteiger partial charge on any atom is -0.216 e. The molecule has 0 saturated heterocycles. The molecule has 0 atom stereocenters. The van der Waals surface area contributed by atoms with Crippen molar-refractivity contribution in [2.75, 3.05) is 0 Å². The molecule has 0 N–H and O–H groups in total. The maximum absolute atomic E-state index is 5.85. The van der Waals surface area contributed by atoms with E-state index in [1.54, 1.807) is 0 Å². The van der Waals surface area contributed by atoms with Gasteiger partial charge in [0, 0.05) is 17.0 Å². The van der Waals surface area contributed by atoms with Crippen LogP contribution in [0.3, 0.4) is 0 Å². The van der Waals surface area contributed by atoms with Gasteiger partial charge in [-0.2, -0.15) is 0 Å². The van der Waals surface area contributed by atoms with Crippen LogP contribution in [-0.4, -0.2) is 9.97 Å². The van der Waals surface area contributed by atoms with Crippen molar-refractivity contribution in [1.82, 2.24) is 9.97 Å². The van der Waals surface area contributed by atoms with E-state index in [-0.39, 0.29) is 0 Å². The largest absolute Gasteiger partial charge is 0.216 e. The van der Waals surface area contributed by atoms with Gasteiger partial charge in [0.2, 0.25) is 0 Å². The van der Waals surface area contributed by atoms with Gasteiger partial charge in [-0.15, -0.1) is 0 Å². The first-order chi connectivity index (χ1) is 7.70. The second kappa shape index (κ2) is 5.13. The van der Waals surface area contributed by atoms with Crippen molar-refractivity contribution in [2.45, 2.75) is 5.33 Å². The molecule has 0 saturated carbocycles. The topological polar surface area (TPSA) is 25.8 Å². The van der Waals surface area contributed by atoms with E-state index in [0.717, 1.165) is 16.5 Å². The molecule has 0 aliphatic carbocycles. The van der Waals surface area contributed by atoms with Crippen molar-refractivity contribution in [3.05, 3.63) is 46.2 Å². The summed E-state index contributed by atoms with van der Waals surface area (Å²) in [7, 11) is 0. The highest BCUT2D eigenvalue weighted by atomic mass is 79.9. The number of hydrogen-bond donors (Lipinski definition) is 0. The van der Waals surface area contributed by atoms with E-state index in [2.05, 4.69) is 25.9 Å². The Morgan fingerprint density at radius 1 is 1.06 bits per heavy atom. The normalized spacial score (nSPS) is 10.4. The summed E-state index contributed by atoms with van der Waals surface area (Å²) in [5.41, 5.74) is 2.03. The van der Waals surface area contributed by atoms with Crippen LogP contribution >= 0.6 is 39.1 Å². The third-order valence-electron chi connectivity index (χ3n) is 2.07. The highest BCUT2D eigenvalue weighted by Gasteiger charge is 2.08. The van der Waals surface area contributed by atoms with Gasteiger partial charge in [-0.25, -0.2) is 9.97 Å². The molecule has 82 valence electrons. The van der Waals surface area contributed by atoms with Gasteiger partial charge in [0.15, 0.2) is 5.82 Å². The van der Waals surface area contributed by atoms with E-state index in [4.69, 9.17) is 23.2 Å². The summed E-state index contributed by atoms with van der Waals surface area (Å²) in [4.78, 5) is 8.32. The van der Waals surface area contributed by atoms with Crippen LogP contribution in [0.4, 0.5) is 0 Å². The van der Waals surface area contributed by atoms with Crippen LogP contribution in [0.25, 0.3) is 11.4 Å². The quantitative estimate of drug-likeness (QED) is 0.608. The molecule has 0 aliphatic rings. The summed E-state index contributed by atoms with van der Waals surface area (Å²) in [5.74, 6) is 0.549. The fourth-order valence-electron chi connectivity index (χ4n) is 1.37. The fraction of sp³-hybridized carbons (Fsp3) is 0.0909. The molecular weight excluding hydrogens is 311 g/mol. The van der Waals surface area contributed by atoms with E-state index in [1.165, 1.54) is 6.07 Å². The van der Waals surface area contributed by atoms with E-state index in [9.17, 15) is 0 Å². The monoisotopic (exact) mass is 316 g/mol. The smallest absolute Gasteiger partial charge is 0.162 e. The van der Waals surface area contributed by atoms with Gasteiger partial charge in [-0.3, -0.25) is 0 Å². The molecule has 1 heterocycles. The molecule has 0 radical (unpaired) electrons. The summed E-state index contributed by atoms with van der Waals surface area (Å²) >= 11 is 15.1. The van der Waals surface area contributed by atoms with Gasteiger partial charge in [-0.05, 0) is 5.56 Å². The average Bonchev–Trinajstić information content (AvgIpc) is 2.27. The molecule has 0 amide bonds. The zero-order valence-corrected chi connectivity index (χ0v) is 11.2. The van der Waals surface area contributed by atoms with Gasteiger partial charge in [0.25, 0.3) is 0 Å². The van der Waals surface area contributed by atoms with Crippen LogP contribution in [-0.2, 0) is 5.33 Å². The lowest BCUT2D eigenvalue weighted by molar-refractivity contribution is 1.17. The molecule has 1 aromatic carbocycles. The summed E-state index contributed by atoms with van der Waals surface area (Å²) < 4.78 is 0. The molecule has 0 spiro atoms. The minimum atomic E-state index is 0.347. The van der Waals surface area contributed by atoms with Crippen molar-refractivity contribution >= 4 is 39.1 Å². The molecule has 2 rings (SSSR count). The van der Waals surface area contributed by atoms with Gasteiger partial charge < -0.3 is 0 Å². The number of aromatic nitrogens is 2. The first kappa shape index (κ1) is 11.8. The Bertz CT molecular complexity index is 497. The maximum atomic E-state index is 5.85. The number of halogens is 3. The highest BCUT2D eigenvalue weighted by Crippen LogP contribution is 2.24. The Labute approximate surface area is 112 Å². The predicted octanol–water partition coefficient (Wildman–Crippen LogP) is 4.35. The Balaban J connectivity index is 2.58. The molecular formula is C11H7BrCl2N2.